The van der Waals surface area contributed by atoms with Crippen molar-refractivity contribution in [3.63, 3.8) is 0 Å². The molecule has 0 heterocycles. The number of aliphatic carboxylic acids is 1. The molecule has 0 bridgehead atoms. The number of rotatable bonds is 4. The SMILES string of the molecule is CC(=O)Nc1cc(NC(=O)[C@H]2CC=CC[C@H]2C(=O)O)c(F)cc1F. The number of amides is 2. The van der Waals surface area contributed by atoms with E-state index in [-0.39, 0.29) is 24.2 Å². The standard InChI is InChI=1S/C16H16F2N2O4/c1-8(21)19-13-7-14(12(18)6-11(13)17)20-15(22)9-4-2-3-5-10(9)16(23)24/h2-3,6-7,9-10H,4-5H2,1H3,(H,19,21)(H,20,22)(H,23,24)/t9-,10+/m0/s1. The molecule has 2 amide bonds. The highest BCUT2D eigenvalue weighted by atomic mass is 19.1. The minimum Gasteiger partial charge on any atom is -0.481 e. The third-order valence-corrected chi connectivity index (χ3v) is 3.71. The number of hydrogen-bond acceptors (Lipinski definition) is 3. The van der Waals surface area contributed by atoms with Gasteiger partial charge in [0.2, 0.25) is 11.8 Å². The van der Waals surface area contributed by atoms with Gasteiger partial charge < -0.3 is 15.7 Å². The van der Waals surface area contributed by atoms with Crippen LogP contribution in [0.1, 0.15) is 19.8 Å². The van der Waals surface area contributed by atoms with E-state index in [1.165, 1.54) is 0 Å². The summed E-state index contributed by atoms with van der Waals surface area (Å²) in [6.07, 6.45) is 3.78. The average Bonchev–Trinajstić information content (AvgIpc) is 2.51. The first-order valence-corrected chi connectivity index (χ1v) is 7.25. The fraction of sp³-hybridized carbons (Fsp3) is 0.312. The summed E-state index contributed by atoms with van der Waals surface area (Å²) < 4.78 is 27.4. The molecule has 1 aromatic carbocycles. The van der Waals surface area contributed by atoms with Gasteiger partial charge in [-0.25, -0.2) is 8.78 Å². The van der Waals surface area contributed by atoms with E-state index in [9.17, 15) is 28.3 Å². The van der Waals surface area contributed by atoms with E-state index in [0.29, 0.717) is 6.07 Å². The number of allylic oxidation sites excluding steroid dienone is 2. The Balaban J connectivity index is 2.23. The fourth-order valence-electron chi connectivity index (χ4n) is 2.53. The number of carbonyl (C=O) groups is 3. The normalized spacial score (nSPS) is 19.6. The van der Waals surface area contributed by atoms with E-state index >= 15 is 0 Å². The smallest absolute Gasteiger partial charge is 0.307 e. The molecule has 0 aliphatic heterocycles. The summed E-state index contributed by atoms with van der Waals surface area (Å²) in [7, 11) is 0. The van der Waals surface area contributed by atoms with Crippen molar-refractivity contribution >= 4 is 29.2 Å². The minimum atomic E-state index is -1.11. The van der Waals surface area contributed by atoms with Crippen LogP contribution in [0.3, 0.4) is 0 Å². The first-order chi connectivity index (χ1) is 11.3. The molecule has 128 valence electrons. The molecule has 0 radical (unpaired) electrons. The average molecular weight is 338 g/mol. The number of carboxylic acids is 1. The van der Waals surface area contributed by atoms with Crippen LogP contribution < -0.4 is 10.6 Å². The van der Waals surface area contributed by atoms with Gasteiger partial charge in [0, 0.05) is 13.0 Å². The summed E-state index contributed by atoms with van der Waals surface area (Å²) in [5.41, 5.74) is -0.610. The van der Waals surface area contributed by atoms with E-state index in [0.717, 1.165) is 13.0 Å². The van der Waals surface area contributed by atoms with Crippen LogP contribution in [0.25, 0.3) is 0 Å². The second-order valence-electron chi connectivity index (χ2n) is 5.48. The Morgan fingerprint density at radius 1 is 1.00 bits per heavy atom. The Morgan fingerprint density at radius 3 is 2.08 bits per heavy atom. The molecule has 1 aliphatic carbocycles. The molecule has 0 spiro atoms. The van der Waals surface area contributed by atoms with Gasteiger partial charge >= 0.3 is 5.97 Å². The monoisotopic (exact) mass is 338 g/mol. The number of carboxylic acid groups (broad SMARTS) is 1. The zero-order valence-electron chi connectivity index (χ0n) is 12.8. The number of benzene rings is 1. The maximum absolute atomic E-state index is 13.9. The van der Waals surface area contributed by atoms with Gasteiger partial charge in [0.25, 0.3) is 0 Å². The molecule has 0 aromatic heterocycles. The third kappa shape index (κ3) is 3.95. The summed E-state index contributed by atoms with van der Waals surface area (Å²) >= 11 is 0. The highest BCUT2D eigenvalue weighted by molar-refractivity contribution is 5.96. The van der Waals surface area contributed by atoms with E-state index in [2.05, 4.69) is 10.6 Å². The van der Waals surface area contributed by atoms with Crippen LogP contribution in [0.15, 0.2) is 24.3 Å². The predicted molar refractivity (Wildman–Crippen MR) is 82.3 cm³/mol. The van der Waals surface area contributed by atoms with Crippen molar-refractivity contribution < 1.29 is 28.3 Å². The number of halogens is 2. The Morgan fingerprint density at radius 2 is 1.54 bits per heavy atom. The predicted octanol–water partition coefficient (Wildman–Crippen LogP) is 2.53. The van der Waals surface area contributed by atoms with Gasteiger partial charge in [0.1, 0.15) is 11.6 Å². The molecule has 2 rings (SSSR count). The van der Waals surface area contributed by atoms with E-state index in [4.69, 9.17) is 0 Å². The van der Waals surface area contributed by atoms with Gasteiger partial charge in [-0.05, 0) is 18.9 Å². The van der Waals surface area contributed by atoms with Gasteiger partial charge in [0.15, 0.2) is 0 Å². The Hall–Kier alpha value is -2.77. The van der Waals surface area contributed by atoms with Crippen LogP contribution in [0, 0.1) is 23.5 Å². The van der Waals surface area contributed by atoms with Gasteiger partial charge in [-0.2, -0.15) is 0 Å². The van der Waals surface area contributed by atoms with Gasteiger partial charge in [-0.1, -0.05) is 12.2 Å². The summed E-state index contributed by atoms with van der Waals surface area (Å²) in [6, 6.07) is 1.49. The minimum absolute atomic E-state index is 0.205. The Kier molecular flexibility index (Phi) is 5.28. The van der Waals surface area contributed by atoms with Crippen LogP contribution in [0.2, 0.25) is 0 Å². The van der Waals surface area contributed by atoms with Crippen LogP contribution in [-0.4, -0.2) is 22.9 Å². The van der Waals surface area contributed by atoms with Crippen LogP contribution in [0.4, 0.5) is 20.2 Å². The Bertz CT molecular complexity index is 718. The zero-order valence-corrected chi connectivity index (χ0v) is 12.8. The highest BCUT2D eigenvalue weighted by Gasteiger charge is 2.34. The number of carbonyl (C=O) groups excluding carboxylic acids is 2. The summed E-state index contributed by atoms with van der Waals surface area (Å²) in [4.78, 5) is 34.5. The molecule has 8 heteroatoms. The summed E-state index contributed by atoms with van der Waals surface area (Å²) in [6.45, 7) is 1.16. The molecular formula is C16H16F2N2O4. The summed E-state index contributed by atoms with van der Waals surface area (Å²) in [5, 5.41) is 13.6. The van der Waals surface area contributed by atoms with Crippen LogP contribution in [-0.2, 0) is 14.4 Å². The molecule has 0 saturated heterocycles. The van der Waals surface area contributed by atoms with Crippen molar-refractivity contribution in [3.8, 4) is 0 Å². The number of hydrogen-bond donors (Lipinski definition) is 3. The van der Waals surface area contributed by atoms with Gasteiger partial charge in [-0.3, -0.25) is 14.4 Å². The molecular weight excluding hydrogens is 322 g/mol. The lowest BCUT2D eigenvalue weighted by atomic mass is 9.82. The Labute approximate surface area is 136 Å². The summed E-state index contributed by atoms with van der Waals surface area (Å²) in [5.74, 6) is -6.11. The van der Waals surface area contributed by atoms with E-state index < -0.39 is 41.3 Å². The molecule has 0 fully saturated rings. The largest absolute Gasteiger partial charge is 0.481 e. The molecule has 6 nitrogen and oxygen atoms in total. The highest BCUT2D eigenvalue weighted by Crippen LogP contribution is 2.29. The second-order valence-corrected chi connectivity index (χ2v) is 5.48. The molecule has 1 aromatic rings. The van der Waals surface area contributed by atoms with E-state index in [1.54, 1.807) is 12.2 Å². The fourth-order valence-corrected chi connectivity index (χ4v) is 2.53. The second kappa shape index (κ2) is 7.20. The lowest BCUT2D eigenvalue weighted by molar-refractivity contribution is -0.146. The first-order valence-electron chi connectivity index (χ1n) is 7.25. The maximum atomic E-state index is 13.9. The van der Waals surface area contributed by atoms with Crippen molar-refractivity contribution in [2.24, 2.45) is 11.8 Å². The molecule has 24 heavy (non-hydrogen) atoms. The van der Waals surface area contributed by atoms with Crippen molar-refractivity contribution in [1.29, 1.82) is 0 Å². The molecule has 1 aliphatic rings. The lowest BCUT2D eigenvalue weighted by Gasteiger charge is -2.24. The molecule has 2 atom stereocenters. The molecule has 3 N–H and O–H groups in total. The maximum Gasteiger partial charge on any atom is 0.307 e. The molecule has 0 unspecified atom stereocenters. The van der Waals surface area contributed by atoms with Gasteiger partial charge in [-0.15, -0.1) is 0 Å². The van der Waals surface area contributed by atoms with E-state index in [1.807, 2.05) is 0 Å². The third-order valence-electron chi connectivity index (χ3n) is 3.71. The van der Waals surface area contributed by atoms with Crippen LogP contribution in [0.5, 0.6) is 0 Å². The van der Waals surface area contributed by atoms with Crippen molar-refractivity contribution in [2.45, 2.75) is 19.8 Å². The first kappa shape index (κ1) is 17.6. The molecule has 0 saturated carbocycles. The zero-order chi connectivity index (χ0) is 17.9. The van der Waals surface area contributed by atoms with Crippen LogP contribution >= 0.6 is 0 Å². The topological polar surface area (TPSA) is 95.5 Å². The number of nitrogens with one attached hydrogen (secondary N) is 2. The lowest BCUT2D eigenvalue weighted by Crippen LogP contribution is -2.35. The van der Waals surface area contributed by atoms with Crippen molar-refractivity contribution in [1.82, 2.24) is 0 Å². The quantitative estimate of drug-likeness (QED) is 0.735. The van der Waals surface area contributed by atoms with Crippen molar-refractivity contribution in [3.05, 3.63) is 35.9 Å². The number of anilines is 2. The van der Waals surface area contributed by atoms with Gasteiger partial charge in [0.05, 0.1) is 23.2 Å². The van der Waals surface area contributed by atoms with Crippen molar-refractivity contribution in [2.75, 3.05) is 10.6 Å².